The van der Waals surface area contributed by atoms with E-state index in [2.05, 4.69) is 4.72 Å². The Morgan fingerprint density at radius 2 is 2.00 bits per heavy atom. The molecule has 4 N–H and O–H groups in total. The van der Waals surface area contributed by atoms with Gasteiger partial charge in [-0.2, -0.15) is 0 Å². The highest BCUT2D eigenvalue weighted by molar-refractivity contribution is 7.89. The Hall–Kier alpha value is -1.18. The van der Waals surface area contributed by atoms with Gasteiger partial charge in [-0.3, -0.25) is 0 Å². The topological polar surface area (TPSA) is 92.4 Å². The van der Waals surface area contributed by atoms with E-state index in [1.165, 1.54) is 0 Å². The molecule has 1 aromatic carbocycles. The van der Waals surface area contributed by atoms with E-state index in [0.717, 1.165) is 12.1 Å². The first-order valence-corrected chi connectivity index (χ1v) is 7.38. The summed E-state index contributed by atoms with van der Waals surface area (Å²) in [4.78, 5) is -0.479. The molecule has 2 unspecified atom stereocenters. The molecule has 0 aliphatic carbocycles. The molecule has 0 spiro atoms. The van der Waals surface area contributed by atoms with Gasteiger partial charge in [-0.05, 0) is 44.9 Å². The second-order valence-corrected chi connectivity index (χ2v) is 6.43. The fourth-order valence-corrected chi connectivity index (χ4v) is 3.11. The fourth-order valence-electron chi connectivity index (χ4n) is 1.76. The molecule has 0 heterocycles. The maximum Gasteiger partial charge on any atom is 0.243 e. The molecule has 2 atom stereocenters. The van der Waals surface area contributed by atoms with Gasteiger partial charge in [0.2, 0.25) is 10.0 Å². The number of anilines is 1. The number of aliphatic hydroxyl groups excluding tert-OH is 1. The smallest absolute Gasteiger partial charge is 0.243 e. The van der Waals surface area contributed by atoms with Crippen molar-refractivity contribution in [1.29, 1.82) is 0 Å². The van der Waals surface area contributed by atoms with E-state index >= 15 is 0 Å². The zero-order valence-corrected chi connectivity index (χ0v) is 12.0. The third-order valence-electron chi connectivity index (χ3n) is 2.66. The zero-order valence-electron chi connectivity index (χ0n) is 11.1. The van der Waals surface area contributed by atoms with Crippen LogP contribution in [0.4, 0.5) is 10.1 Å². The second-order valence-electron chi connectivity index (χ2n) is 4.75. The van der Waals surface area contributed by atoms with E-state index < -0.39 is 32.9 Å². The summed E-state index contributed by atoms with van der Waals surface area (Å²) in [7, 11) is -3.99. The average molecular weight is 290 g/mol. The Bertz CT molecular complexity index is 558. The molecule has 108 valence electrons. The van der Waals surface area contributed by atoms with Gasteiger partial charge >= 0.3 is 0 Å². The maximum absolute atomic E-state index is 13.7. The first-order chi connectivity index (χ1) is 8.63. The van der Waals surface area contributed by atoms with Crippen molar-refractivity contribution in [3.8, 4) is 0 Å². The van der Waals surface area contributed by atoms with E-state index in [-0.39, 0.29) is 12.1 Å². The number of sulfonamides is 1. The highest BCUT2D eigenvalue weighted by Crippen LogP contribution is 2.21. The molecule has 0 fully saturated rings. The van der Waals surface area contributed by atoms with Crippen LogP contribution in [0.2, 0.25) is 0 Å². The molecule has 0 radical (unpaired) electrons. The molecule has 1 aromatic rings. The Morgan fingerprint density at radius 3 is 2.53 bits per heavy atom. The first kappa shape index (κ1) is 15.9. The number of nitrogens with two attached hydrogens (primary N) is 1. The standard InChI is InChI=1S/C12H19FN2O3S/c1-7-4-10(13)12(6-11(7)14)19(17,18)15-8(2)5-9(3)16/h4,6,8-9,15-16H,5,14H2,1-3H3. The summed E-state index contributed by atoms with van der Waals surface area (Å²) in [6.45, 7) is 4.74. The second kappa shape index (κ2) is 5.85. The summed E-state index contributed by atoms with van der Waals surface area (Å²) < 4.78 is 40.1. The lowest BCUT2D eigenvalue weighted by molar-refractivity contribution is 0.175. The molecule has 19 heavy (non-hydrogen) atoms. The summed E-state index contributed by atoms with van der Waals surface area (Å²) in [5, 5.41) is 9.20. The molecule has 0 aromatic heterocycles. The monoisotopic (exact) mass is 290 g/mol. The highest BCUT2D eigenvalue weighted by Gasteiger charge is 2.22. The predicted molar refractivity (Wildman–Crippen MR) is 71.6 cm³/mol. The molecular formula is C12H19FN2O3S. The largest absolute Gasteiger partial charge is 0.398 e. The minimum Gasteiger partial charge on any atom is -0.398 e. The van der Waals surface area contributed by atoms with Crippen LogP contribution in [0.1, 0.15) is 25.8 Å². The average Bonchev–Trinajstić information content (AvgIpc) is 2.20. The highest BCUT2D eigenvalue weighted by atomic mass is 32.2. The third-order valence-corrected chi connectivity index (χ3v) is 4.27. The molecule has 5 nitrogen and oxygen atoms in total. The Balaban J connectivity index is 3.04. The molecule has 0 aliphatic heterocycles. The number of benzene rings is 1. The van der Waals surface area contributed by atoms with Crippen LogP contribution in [0.25, 0.3) is 0 Å². The van der Waals surface area contributed by atoms with Gasteiger partial charge in [-0.1, -0.05) is 0 Å². The SMILES string of the molecule is Cc1cc(F)c(S(=O)(=O)NC(C)CC(C)O)cc1N. The number of hydrogen-bond donors (Lipinski definition) is 3. The van der Waals surface area contributed by atoms with Crippen LogP contribution in [-0.4, -0.2) is 25.7 Å². The molecule has 0 bridgehead atoms. The van der Waals surface area contributed by atoms with Gasteiger partial charge in [-0.25, -0.2) is 17.5 Å². The van der Waals surface area contributed by atoms with Crippen LogP contribution in [0.5, 0.6) is 0 Å². The summed E-state index contributed by atoms with van der Waals surface area (Å²) >= 11 is 0. The predicted octanol–water partition coefficient (Wildman–Crippen LogP) is 1.15. The van der Waals surface area contributed by atoms with Crippen molar-refractivity contribution >= 4 is 15.7 Å². The Morgan fingerprint density at radius 1 is 1.42 bits per heavy atom. The van der Waals surface area contributed by atoms with Crippen LogP contribution < -0.4 is 10.5 Å². The van der Waals surface area contributed by atoms with Gasteiger partial charge in [0.25, 0.3) is 0 Å². The minimum atomic E-state index is -3.99. The van der Waals surface area contributed by atoms with Crippen molar-refractivity contribution in [3.05, 3.63) is 23.5 Å². The normalized spacial score (nSPS) is 15.2. The number of hydrogen-bond acceptors (Lipinski definition) is 4. The molecular weight excluding hydrogens is 271 g/mol. The summed E-state index contributed by atoms with van der Waals surface area (Å²) in [5.41, 5.74) is 6.29. The maximum atomic E-state index is 13.7. The van der Waals surface area contributed by atoms with Crippen LogP contribution in [-0.2, 0) is 10.0 Å². The molecule has 0 saturated heterocycles. The van der Waals surface area contributed by atoms with Crippen molar-refractivity contribution < 1.29 is 17.9 Å². The number of nitrogen functional groups attached to an aromatic ring is 1. The van der Waals surface area contributed by atoms with E-state index in [1.54, 1.807) is 20.8 Å². The number of aliphatic hydroxyl groups is 1. The summed E-state index contributed by atoms with van der Waals surface area (Å²) in [6, 6.07) is 1.68. The summed E-state index contributed by atoms with van der Waals surface area (Å²) in [5.74, 6) is -0.844. The Kier molecular flexibility index (Phi) is 4.89. The van der Waals surface area contributed by atoms with E-state index in [4.69, 9.17) is 5.73 Å². The number of nitrogens with one attached hydrogen (secondary N) is 1. The lowest BCUT2D eigenvalue weighted by Gasteiger charge is -2.16. The van der Waals surface area contributed by atoms with Gasteiger partial charge in [0.05, 0.1) is 6.10 Å². The third kappa shape index (κ3) is 4.15. The van der Waals surface area contributed by atoms with Gasteiger partial charge in [0.15, 0.2) is 0 Å². The van der Waals surface area contributed by atoms with Crippen molar-refractivity contribution in [3.63, 3.8) is 0 Å². The van der Waals surface area contributed by atoms with Crippen LogP contribution in [0.3, 0.4) is 0 Å². The van der Waals surface area contributed by atoms with Gasteiger partial charge in [0.1, 0.15) is 10.7 Å². The first-order valence-electron chi connectivity index (χ1n) is 5.89. The molecule has 7 heteroatoms. The molecule has 0 aliphatic rings. The van der Waals surface area contributed by atoms with Crippen molar-refractivity contribution in [1.82, 2.24) is 4.72 Å². The number of aryl methyl sites for hydroxylation is 1. The minimum absolute atomic E-state index is 0.213. The number of rotatable bonds is 5. The Labute approximate surface area is 112 Å². The van der Waals surface area contributed by atoms with Gasteiger partial charge in [0, 0.05) is 11.7 Å². The van der Waals surface area contributed by atoms with Crippen LogP contribution >= 0.6 is 0 Å². The lowest BCUT2D eigenvalue weighted by atomic mass is 10.2. The molecule has 1 rings (SSSR count). The van der Waals surface area contributed by atoms with Gasteiger partial charge < -0.3 is 10.8 Å². The number of halogens is 1. The molecule has 0 saturated carbocycles. The van der Waals surface area contributed by atoms with E-state index in [1.807, 2.05) is 0 Å². The van der Waals surface area contributed by atoms with Gasteiger partial charge in [-0.15, -0.1) is 0 Å². The fraction of sp³-hybridized carbons (Fsp3) is 0.500. The van der Waals surface area contributed by atoms with E-state index in [9.17, 15) is 17.9 Å². The quantitative estimate of drug-likeness (QED) is 0.709. The van der Waals surface area contributed by atoms with Crippen molar-refractivity contribution in [2.45, 2.75) is 44.2 Å². The van der Waals surface area contributed by atoms with Crippen molar-refractivity contribution in [2.24, 2.45) is 0 Å². The summed E-state index contributed by atoms with van der Waals surface area (Å²) in [6.07, 6.45) is -0.409. The van der Waals surface area contributed by atoms with Crippen LogP contribution in [0.15, 0.2) is 17.0 Å². The van der Waals surface area contributed by atoms with E-state index in [0.29, 0.717) is 5.56 Å². The van der Waals surface area contributed by atoms with Crippen LogP contribution in [0, 0.1) is 12.7 Å². The molecule has 0 amide bonds. The zero-order chi connectivity index (χ0) is 14.8. The van der Waals surface area contributed by atoms with Crippen molar-refractivity contribution in [2.75, 3.05) is 5.73 Å². The lowest BCUT2D eigenvalue weighted by Crippen LogP contribution is -2.35.